The number of hydrazine groups is 2. The lowest BCUT2D eigenvalue weighted by Crippen LogP contribution is -2.45. The number of rotatable bonds is 14. The average molecular weight is 659 g/mol. The predicted molar refractivity (Wildman–Crippen MR) is 167 cm³/mol. The van der Waals surface area contributed by atoms with E-state index in [2.05, 4.69) is 15.4 Å². The lowest BCUT2D eigenvalue weighted by molar-refractivity contribution is -0.710. The van der Waals surface area contributed by atoms with Gasteiger partial charge in [-0.05, 0) is 81.1 Å². The molecule has 0 aromatic heterocycles. The molecule has 4 rings (SSSR count). The van der Waals surface area contributed by atoms with E-state index in [1.54, 1.807) is 31.0 Å². The molecule has 1 aliphatic rings. The van der Waals surface area contributed by atoms with Gasteiger partial charge in [0.2, 0.25) is 15.3 Å². The maximum Gasteiger partial charge on any atom is 0.341 e. The van der Waals surface area contributed by atoms with Crippen molar-refractivity contribution in [3.05, 3.63) is 99.2 Å². The summed E-state index contributed by atoms with van der Waals surface area (Å²) in [5, 5.41) is 18.1. The smallest absolute Gasteiger partial charge is 0.341 e. The molecule has 13 nitrogen and oxygen atoms in total. The molecule has 15 heteroatoms. The number of carbonyl (C=O) groups excluding carboxylic acids is 2. The number of benzene rings is 3. The first-order chi connectivity index (χ1) is 21.5. The zero-order chi connectivity index (χ0) is 32.6. The monoisotopic (exact) mass is 658 g/mol. The number of para-hydroxylation sites is 1. The standard InChI is InChI=1S/C30H35ClN6O7S/c1-4-35(5-2)37(40)34-44-20-43-30(39)23-12-10-22(11-13-23)16-17-32-45(41,42)28-19-25(14-15-26(28)31)29(38)33-36-21(3)18-24-8-6-7-9-27(24)36/h6-15,19,21,32H,4-5,16-18,20H2,1-3H3,(H,33,38)/t21-/m1/s1. The van der Waals surface area contributed by atoms with Crippen LogP contribution in [0, 0.1) is 5.21 Å². The van der Waals surface area contributed by atoms with Crippen LogP contribution in [0.3, 0.4) is 0 Å². The fourth-order valence-electron chi connectivity index (χ4n) is 4.73. The molecule has 0 saturated carbocycles. The van der Waals surface area contributed by atoms with Crippen molar-refractivity contribution in [2.45, 2.75) is 44.6 Å². The fraction of sp³-hybridized carbons (Fsp3) is 0.333. The van der Waals surface area contributed by atoms with E-state index in [1.165, 1.54) is 35.3 Å². The molecule has 0 bridgehead atoms. The van der Waals surface area contributed by atoms with Crippen LogP contribution in [-0.4, -0.2) is 62.7 Å². The summed E-state index contributed by atoms with van der Waals surface area (Å²) >= 11 is 6.24. The number of hydrogen-bond acceptors (Lipinski definition) is 9. The molecule has 0 spiro atoms. The molecule has 2 N–H and O–H groups in total. The number of hydrogen-bond donors (Lipinski definition) is 2. The first-order valence-corrected chi connectivity index (χ1v) is 16.2. The van der Waals surface area contributed by atoms with E-state index >= 15 is 0 Å². The van der Waals surface area contributed by atoms with Crippen molar-refractivity contribution in [3.63, 3.8) is 0 Å². The third-order valence-electron chi connectivity index (χ3n) is 7.15. The highest BCUT2D eigenvalue weighted by Gasteiger charge is 2.28. The Balaban J connectivity index is 1.30. The summed E-state index contributed by atoms with van der Waals surface area (Å²) in [6.45, 7) is 5.94. The van der Waals surface area contributed by atoms with Crippen molar-refractivity contribution in [2.75, 3.05) is 31.4 Å². The Kier molecular flexibility index (Phi) is 11.2. The molecule has 0 radical (unpaired) electrons. The summed E-state index contributed by atoms with van der Waals surface area (Å²) in [4.78, 5) is 30.2. The van der Waals surface area contributed by atoms with Gasteiger partial charge in [-0.1, -0.05) is 41.9 Å². The van der Waals surface area contributed by atoms with Crippen LogP contribution >= 0.6 is 11.6 Å². The lowest BCUT2D eigenvalue weighted by Gasteiger charge is -2.25. The first kappa shape index (κ1) is 33.5. The van der Waals surface area contributed by atoms with Crippen LogP contribution in [0.5, 0.6) is 0 Å². The molecule has 1 aliphatic heterocycles. The van der Waals surface area contributed by atoms with Gasteiger partial charge in [0.15, 0.2) is 0 Å². The Morgan fingerprint density at radius 2 is 1.78 bits per heavy atom. The van der Waals surface area contributed by atoms with Crippen molar-refractivity contribution >= 4 is 39.2 Å². The van der Waals surface area contributed by atoms with Gasteiger partial charge in [0, 0.05) is 12.1 Å². The lowest BCUT2D eigenvalue weighted by atomic mass is 10.1. The summed E-state index contributed by atoms with van der Waals surface area (Å²) in [6, 6.07) is 18.3. The van der Waals surface area contributed by atoms with Gasteiger partial charge in [-0.2, -0.15) is 0 Å². The minimum Gasteiger partial charge on any atom is -0.569 e. The molecule has 45 heavy (non-hydrogen) atoms. The van der Waals surface area contributed by atoms with Gasteiger partial charge in [0.1, 0.15) is 4.90 Å². The predicted octanol–water partition coefficient (Wildman–Crippen LogP) is 4.22. The number of sulfonamides is 1. The molecule has 1 atom stereocenters. The largest absolute Gasteiger partial charge is 0.569 e. The highest BCUT2D eigenvalue weighted by molar-refractivity contribution is 7.89. The zero-order valence-electron chi connectivity index (χ0n) is 25.1. The molecule has 0 fully saturated rings. The minimum absolute atomic E-state index is 0.0189. The Morgan fingerprint density at radius 1 is 1.09 bits per heavy atom. The number of fused-ring (bicyclic) bond motifs is 1. The van der Waals surface area contributed by atoms with Crippen LogP contribution in [0.4, 0.5) is 5.69 Å². The van der Waals surface area contributed by atoms with E-state index in [1.807, 2.05) is 31.2 Å². The topological polar surface area (TPSA) is 156 Å². The first-order valence-electron chi connectivity index (χ1n) is 14.3. The van der Waals surface area contributed by atoms with Crippen molar-refractivity contribution in [3.8, 4) is 0 Å². The number of anilines is 1. The molecule has 0 aliphatic carbocycles. The van der Waals surface area contributed by atoms with Gasteiger partial charge >= 0.3 is 5.97 Å². The molecular weight excluding hydrogens is 624 g/mol. The molecule has 240 valence electrons. The quantitative estimate of drug-likeness (QED) is 0.0647. The van der Waals surface area contributed by atoms with Crippen LogP contribution in [-0.2, 0) is 32.4 Å². The van der Waals surface area contributed by atoms with Gasteiger partial charge in [-0.25, -0.2) is 17.9 Å². The second kappa shape index (κ2) is 15.1. The van der Waals surface area contributed by atoms with E-state index in [4.69, 9.17) is 21.2 Å². The molecule has 0 saturated heterocycles. The molecule has 1 amide bonds. The molecule has 1 heterocycles. The molecule has 0 unspecified atom stereocenters. The van der Waals surface area contributed by atoms with E-state index in [0.29, 0.717) is 19.5 Å². The summed E-state index contributed by atoms with van der Waals surface area (Å²) in [5.74, 6) is -1.14. The number of nitrogens with one attached hydrogen (secondary N) is 2. The SMILES string of the molecule is CCN(CC)[N+]([O-])=NOCOC(=O)c1ccc(CCNS(=O)(=O)c2cc(C(=O)NN3c4ccccc4C[C@H]3C)ccc2Cl)cc1. The van der Waals surface area contributed by atoms with E-state index < -0.39 is 28.7 Å². The molecule has 3 aromatic carbocycles. The van der Waals surface area contributed by atoms with Crippen LogP contribution in [0.2, 0.25) is 5.02 Å². The number of nitrogens with zero attached hydrogens (tertiary/aromatic N) is 4. The van der Waals surface area contributed by atoms with Crippen molar-refractivity contribution in [1.82, 2.24) is 15.2 Å². The van der Waals surface area contributed by atoms with E-state index in [9.17, 15) is 23.2 Å². The number of amides is 1. The third kappa shape index (κ3) is 8.41. The summed E-state index contributed by atoms with van der Waals surface area (Å²) in [5.41, 5.74) is 6.02. The second-order valence-electron chi connectivity index (χ2n) is 10.1. The number of esters is 1. The van der Waals surface area contributed by atoms with Crippen LogP contribution < -0.4 is 15.2 Å². The maximum absolute atomic E-state index is 13.1. The summed E-state index contributed by atoms with van der Waals surface area (Å²) < 4.78 is 33.7. The molecular formula is C30H35ClN6O7S. The van der Waals surface area contributed by atoms with Gasteiger partial charge in [-0.15, -0.1) is 5.01 Å². The summed E-state index contributed by atoms with van der Waals surface area (Å²) in [6.07, 6.45) is 1.09. The Bertz CT molecular complexity index is 1650. The van der Waals surface area contributed by atoms with Crippen LogP contribution in [0.1, 0.15) is 52.6 Å². The van der Waals surface area contributed by atoms with E-state index in [-0.39, 0.29) is 38.6 Å². The maximum atomic E-state index is 13.1. The number of carbonyl (C=O) groups is 2. The Morgan fingerprint density at radius 3 is 2.49 bits per heavy atom. The Hall–Kier alpha value is -4.40. The van der Waals surface area contributed by atoms with Gasteiger partial charge in [0.25, 0.3) is 12.7 Å². The normalized spacial score (nSPS) is 14.5. The highest BCUT2D eigenvalue weighted by Crippen LogP contribution is 2.30. The number of ether oxygens (including phenoxy) is 1. The van der Waals surface area contributed by atoms with Crippen LogP contribution in [0.15, 0.2) is 76.9 Å². The second-order valence-corrected chi connectivity index (χ2v) is 12.3. The van der Waals surface area contributed by atoms with Crippen molar-refractivity contribution in [1.29, 1.82) is 0 Å². The zero-order valence-corrected chi connectivity index (χ0v) is 26.7. The third-order valence-corrected chi connectivity index (χ3v) is 9.09. The minimum atomic E-state index is -4.05. The molecule has 3 aromatic rings. The van der Waals surface area contributed by atoms with Gasteiger partial charge in [-0.3, -0.25) is 15.2 Å². The van der Waals surface area contributed by atoms with Crippen LogP contribution in [0.25, 0.3) is 0 Å². The van der Waals surface area contributed by atoms with Crippen molar-refractivity contribution < 1.29 is 32.6 Å². The average Bonchev–Trinajstić information content (AvgIpc) is 3.34. The Labute approximate surface area is 266 Å². The van der Waals surface area contributed by atoms with E-state index in [0.717, 1.165) is 23.2 Å². The number of halogens is 1. The fourth-order valence-corrected chi connectivity index (χ4v) is 6.28. The highest BCUT2D eigenvalue weighted by atomic mass is 35.5. The summed E-state index contributed by atoms with van der Waals surface area (Å²) in [7, 11) is -4.05. The van der Waals surface area contributed by atoms with Crippen molar-refractivity contribution in [2.24, 2.45) is 5.28 Å². The van der Waals surface area contributed by atoms with Gasteiger partial charge in [0.05, 0.1) is 40.4 Å². The van der Waals surface area contributed by atoms with Gasteiger partial charge < -0.3 is 14.8 Å².